The lowest BCUT2D eigenvalue weighted by atomic mass is 9.78. The second-order valence-corrected chi connectivity index (χ2v) is 7.99. The molecule has 4 nitrogen and oxygen atoms in total. The minimum absolute atomic E-state index is 0.129. The highest BCUT2D eigenvalue weighted by Crippen LogP contribution is 2.34. The van der Waals surface area contributed by atoms with Crippen LogP contribution >= 0.6 is 11.3 Å². The van der Waals surface area contributed by atoms with Gasteiger partial charge in [-0.15, -0.1) is 11.3 Å². The number of thiophene rings is 1. The van der Waals surface area contributed by atoms with Gasteiger partial charge < -0.3 is 5.11 Å². The molecule has 0 fully saturated rings. The average Bonchev–Trinajstić information content (AvgIpc) is 2.89. The van der Waals surface area contributed by atoms with E-state index in [-0.39, 0.29) is 16.7 Å². The van der Waals surface area contributed by atoms with Gasteiger partial charge in [0.2, 0.25) is 10.0 Å². The zero-order chi connectivity index (χ0) is 14.2. The molecule has 1 atom stereocenters. The molecule has 2 aromatic rings. The van der Waals surface area contributed by atoms with Gasteiger partial charge in [-0.1, -0.05) is 24.3 Å². The van der Waals surface area contributed by atoms with Gasteiger partial charge in [0.25, 0.3) is 0 Å². The van der Waals surface area contributed by atoms with Crippen LogP contribution in [0.4, 0.5) is 0 Å². The molecule has 0 radical (unpaired) electrons. The summed E-state index contributed by atoms with van der Waals surface area (Å²) in [5.41, 5.74) is 2.54. The van der Waals surface area contributed by atoms with E-state index in [2.05, 4.69) is 10.8 Å². The van der Waals surface area contributed by atoms with E-state index in [1.807, 2.05) is 18.2 Å². The van der Waals surface area contributed by atoms with E-state index >= 15 is 0 Å². The zero-order valence-corrected chi connectivity index (χ0v) is 12.4. The maximum Gasteiger partial charge on any atom is 0.250 e. The van der Waals surface area contributed by atoms with Crippen LogP contribution in [0.2, 0.25) is 0 Å². The summed E-state index contributed by atoms with van der Waals surface area (Å²) in [5, 5.41) is 8.99. The quantitative estimate of drug-likeness (QED) is 0.886. The van der Waals surface area contributed by atoms with E-state index < -0.39 is 10.0 Å². The number of benzene rings is 1. The Morgan fingerprint density at radius 1 is 1.25 bits per heavy atom. The summed E-state index contributed by atoms with van der Waals surface area (Å²) in [5.74, 6) is 0.262. The first-order valence-electron chi connectivity index (χ1n) is 6.37. The van der Waals surface area contributed by atoms with Crippen LogP contribution in [-0.2, 0) is 23.1 Å². The lowest BCUT2D eigenvalue weighted by molar-refractivity contribution is 0.285. The molecule has 2 N–H and O–H groups in total. The highest BCUT2D eigenvalue weighted by molar-refractivity contribution is 7.91. The van der Waals surface area contributed by atoms with Crippen LogP contribution < -0.4 is 4.72 Å². The van der Waals surface area contributed by atoms with Crippen LogP contribution in [0.15, 0.2) is 40.6 Å². The topological polar surface area (TPSA) is 66.4 Å². The predicted octanol–water partition coefficient (Wildman–Crippen LogP) is 1.86. The van der Waals surface area contributed by atoms with E-state index in [1.54, 1.807) is 6.07 Å². The van der Waals surface area contributed by atoms with Gasteiger partial charge in [0.05, 0.1) is 6.61 Å². The molecule has 106 valence electrons. The van der Waals surface area contributed by atoms with Crippen molar-refractivity contribution in [3.63, 3.8) is 0 Å². The third kappa shape index (κ3) is 2.52. The predicted molar refractivity (Wildman–Crippen MR) is 78.3 cm³/mol. The first kappa shape index (κ1) is 13.8. The molecule has 1 aliphatic carbocycles. The highest BCUT2D eigenvalue weighted by atomic mass is 32.2. The SMILES string of the molecule is O=S(=O)(NCC1Cc2ccccc21)c1ccc(CO)s1. The third-order valence-electron chi connectivity index (χ3n) is 3.54. The molecule has 1 aliphatic rings. The third-order valence-corrected chi connectivity index (χ3v) is 6.52. The lowest BCUT2D eigenvalue weighted by Gasteiger charge is -2.29. The molecule has 0 saturated carbocycles. The summed E-state index contributed by atoms with van der Waals surface area (Å²) in [4.78, 5) is 0.652. The molecule has 0 bridgehead atoms. The number of nitrogens with one attached hydrogen (secondary N) is 1. The van der Waals surface area contributed by atoms with Crippen molar-refractivity contribution in [2.24, 2.45) is 0 Å². The van der Waals surface area contributed by atoms with Gasteiger partial charge in [-0.2, -0.15) is 0 Å². The van der Waals surface area contributed by atoms with E-state index in [0.717, 1.165) is 17.8 Å². The maximum absolute atomic E-state index is 12.1. The Bertz CT molecular complexity index is 722. The molecule has 1 unspecified atom stereocenters. The van der Waals surface area contributed by atoms with Crippen molar-refractivity contribution in [3.8, 4) is 0 Å². The Morgan fingerprint density at radius 3 is 2.75 bits per heavy atom. The van der Waals surface area contributed by atoms with Crippen molar-refractivity contribution in [2.45, 2.75) is 23.2 Å². The number of rotatable bonds is 5. The van der Waals surface area contributed by atoms with Gasteiger partial charge in [0, 0.05) is 17.3 Å². The van der Waals surface area contributed by atoms with E-state index in [1.165, 1.54) is 17.2 Å². The summed E-state index contributed by atoms with van der Waals surface area (Å²) in [6, 6.07) is 11.3. The summed E-state index contributed by atoms with van der Waals surface area (Å²) in [6.07, 6.45) is 0.922. The Kier molecular flexibility index (Phi) is 3.64. The van der Waals surface area contributed by atoms with Crippen molar-refractivity contribution in [2.75, 3.05) is 6.54 Å². The Morgan fingerprint density at radius 2 is 2.05 bits per heavy atom. The largest absolute Gasteiger partial charge is 0.391 e. The molecular weight excluding hydrogens is 294 g/mol. The minimum Gasteiger partial charge on any atom is -0.391 e. The van der Waals surface area contributed by atoms with Crippen LogP contribution in [0, 0.1) is 0 Å². The Labute approximate surface area is 122 Å². The van der Waals surface area contributed by atoms with Gasteiger partial charge in [0.1, 0.15) is 4.21 Å². The molecular formula is C14H15NO3S2. The Balaban J connectivity index is 1.67. The van der Waals surface area contributed by atoms with E-state index in [4.69, 9.17) is 5.11 Å². The summed E-state index contributed by atoms with van der Waals surface area (Å²) < 4.78 is 27.2. The van der Waals surface area contributed by atoms with Gasteiger partial charge in [0.15, 0.2) is 0 Å². The van der Waals surface area contributed by atoms with E-state index in [0.29, 0.717) is 11.4 Å². The van der Waals surface area contributed by atoms with Crippen molar-refractivity contribution in [1.82, 2.24) is 4.72 Å². The lowest BCUT2D eigenvalue weighted by Crippen LogP contribution is -2.32. The summed E-state index contributed by atoms with van der Waals surface area (Å²) >= 11 is 1.10. The summed E-state index contributed by atoms with van der Waals surface area (Å²) in [6.45, 7) is 0.294. The monoisotopic (exact) mass is 309 g/mol. The van der Waals surface area contributed by atoms with Gasteiger partial charge in [-0.05, 0) is 29.7 Å². The molecule has 20 heavy (non-hydrogen) atoms. The van der Waals surface area contributed by atoms with Crippen LogP contribution in [0.1, 0.15) is 21.9 Å². The standard InChI is InChI=1S/C14H15NO3S2/c16-9-12-5-6-14(19-12)20(17,18)15-8-11-7-10-3-1-2-4-13(10)11/h1-6,11,15-16H,7-9H2. The number of aliphatic hydroxyl groups excluding tert-OH is 1. The molecule has 6 heteroatoms. The first-order chi connectivity index (χ1) is 9.60. The number of sulfonamides is 1. The van der Waals surface area contributed by atoms with Crippen molar-refractivity contribution < 1.29 is 13.5 Å². The summed E-state index contributed by atoms with van der Waals surface area (Å²) in [7, 11) is -3.47. The second kappa shape index (κ2) is 5.29. The number of hydrogen-bond donors (Lipinski definition) is 2. The van der Waals surface area contributed by atoms with E-state index in [9.17, 15) is 8.42 Å². The average molecular weight is 309 g/mol. The number of aliphatic hydroxyl groups is 1. The molecule has 0 amide bonds. The molecule has 0 aliphatic heterocycles. The van der Waals surface area contributed by atoms with Crippen LogP contribution in [-0.4, -0.2) is 20.1 Å². The zero-order valence-electron chi connectivity index (χ0n) is 10.7. The van der Waals surface area contributed by atoms with Gasteiger partial charge >= 0.3 is 0 Å². The fraction of sp³-hybridized carbons (Fsp3) is 0.286. The molecule has 1 aromatic carbocycles. The maximum atomic E-state index is 12.1. The molecule has 0 spiro atoms. The highest BCUT2D eigenvalue weighted by Gasteiger charge is 2.27. The molecule has 1 heterocycles. The second-order valence-electron chi connectivity index (χ2n) is 4.83. The van der Waals surface area contributed by atoms with Crippen LogP contribution in [0.5, 0.6) is 0 Å². The normalized spacial score (nSPS) is 17.6. The van der Waals surface area contributed by atoms with Crippen LogP contribution in [0.3, 0.4) is 0 Å². The van der Waals surface area contributed by atoms with Gasteiger partial charge in [-0.3, -0.25) is 0 Å². The molecule has 3 rings (SSSR count). The van der Waals surface area contributed by atoms with Gasteiger partial charge in [-0.25, -0.2) is 13.1 Å². The van der Waals surface area contributed by atoms with Crippen LogP contribution in [0.25, 0.3) is 0 Å². The fourth-order valence-corrected chi connectivity index (χ4v) is 4.76. The minimum atomic E-state index is -3.47. The van der Waals surface area contributed by atoms with Crippen molar-refractivity contribution >= 4 is 21.4 Å². The smallest absolute Gasteiger partial charge is 0.250 e. The van der Waals surface area contributed by atoms with Crippen molar-refractivity contribution in [3.05, 3.63) is 52.4 Å². The number of fused-ring (bicyclic) bond motifs is 1. The Hall–Kier alpha value is -1.21. The number of hydrogen-bond acceptors (Lipinski definition) is 4. The molecule has 0 saturated heterocycles. The first-order valence-corrected chi connectivity index (χ1v) is 8.67. The fourth-order valence-electron chi connectivity index (χ4n) is 2.41. The molecule has 1 aromatic heterocycles. The van der Waals surface area contributed by atoms with Crippen molar-refractivity contribution in [1.29, 1.82) is 0 Å².